The van der Waals surface area contributed by atoms with E-state index in [1.165, 1.54) is 5.01 Å². The van der Waals surface area contributed by atoms with E-state index < -0.39 is 6.04 Å². The highest BCUT2D eigenvalue weighted by Crippen LogP contribution is 2.38. The number of carbonyl (C=O) groups is 1. The Balaban J connectivity index is 1.57. The Morgan fingerprint density at radius 3 is 2.40 bits per heavy atom. The monoisotopic (exact) mass is 591 g/mol. The molecule has 7 heteroatoms. The molecule has 0 bridgehead atoms. The molecule has 1 N–H and O–H groups in total. The first-order chi connectivity index (χ1) is 19.4. The summed E-state index contributed by atoms with van der Waals surface area (Å²) in [7, 11) is 1.62. The van der Waals surface area contributed by atoms with Crippen molar-refractivity contribution in [1.82, 2.24) is 9.99 Å². The molecule has 4 aromatic carbocycles. The maximum Gasteiger partial charge on any atom is 0.274 e. The Bertz CT molecular complexity index is 1830. The highest BCUT2D eigenvalue weighted by atomic mass is 79.9. The van der Waals surface area contributed by atoms with Crippen LogP contribution < -0.4 is 10.3 Å². The molecule has 1 atom stereocenters. The van der Waals surface area contributed by atoms with Gasteiger partial charge in [-0.2, -0.15) is 5.10 Å². The van der Waals surface area contributed by atoms with Crippen LogP contribution in [0.5, 0.6) is 5.75 Å². The van der Waals surface area contributed by atoms with Gasteiger partial charge in [-0.05, 0) is 60.0 Å². The van der Waals surface area contributed by atoms with Gasteiger partial charge >= 0.3 is 0 Å². The van der Waals surface area contributed by atoms with E-state index in [1.54, 1.807) is 7.11 Å². The number of hydrogen-bond acceptors (Lipinski definition) is 4. The molecule has 0 spiro atoms. The van der Waals surface area contributed by atoms with Crippen LogP contribution in [0.2, 0.25) is 0 Å². The summed E-state index contributed by atoms with van der Waals surface area (Å²) in [4.78, 5) is 30.8. The Kier molecular flexibility index (Phi) is 6.82. The van der Waals surface area contributed by atoms with Gasteiger partial charge < -0.3 is 9.72 Å². The number of nitrogens with zero attached hydrogens (tertiary/aromatic N) is 2. The van der Waals surface area contributed by atoms with Crippen molar-refractivity contribution in [2.24, 2.45) is 5.10 Å². The minimum atomic E-state index is -0.394. The summed E-state index contributed by atoms with van der Waals surface area (Å²) in [6.45, 7) is 1.91. The molecule has 5 aromatic rings. The van der Waals surface area contributed by atoms with Crippen molar-refractivity contribution in [2.45, 2.75) is 19.4 Å². The minimum absolute atomic E-state index is 0.213. The van der Waals surface area contributed by atoms with Gasteiger partial charge in [0.25, 0.3) is 11.5 Å². The number of amides is 1. The summed E-state index contributed by atoms with van der Waals surface area (Å²) in [5.41, 5.74) is 5.55. The molecule has 198 valence electrons. The Labute approximate surface area is 240 Å². The third-order valence-electron chi connectivity index (χ3n) is 7.32. The predicted octanol–water partition coefficient (Wildman–Crippen LogP) is 7.27. The average Bonchev–Trinajstić information content (AvgIpc) is 3.42. The van der Waals surface area contributed by atoms with Gasteiger partial charge in [-0.1, -0.05) is 76.6 Å². The summed E-state index contributed by atoms with van der Waals surface area (Å²) in [6, 6.07) is 30.4. The Morgan fingerprint density at radius 1 is 0.950 bits per heavy atom. The first-order valence-electron chi connectivity index (χ1n) is 13.0. The first kappa shape index (κ1) is 25.8. The summed E-state index contributed by atoms with van der Waals surface area (Å²) in [6.07, 6.45) is 0.381. The second-order valence-corrected chi connectivity index (χ2v) is 10.7. The summed E-state index contributed by atoms with van der Waals surface area (Å²) in [5.74, 6) is 0.512. The maximum atomic E-state index is 14.0. The van der Waals surface area contributed by atoms with E-state index >= 15 is 0 Å². The number of rotatable bonds is 5. The van der Waals surface area contributed by atoms with Gasteiger partial charge in [0.15, 0.2) is 0 Å². The summed E-state index contributed by atoms with van der Waals surface area (Å²) < 4.78 is 6.25. The molecule has 0 radical (unpaired) electrons. The molecular formula is C33H26BrN3O3. The molecule has 2 heterocycles. The van der Waals surface area contributed by atoms with Crippen molar-refractivity contribution >= 4 is 38.5 Å². The second kappa shape index (κ2) is 10.6. The van der Waals surface area contributed by atoms with Crippen molar-refractivity contribution in [1.29, 1.82) is 0 Å². The molecule has 0 fully saturated rings. The van der Waals surface area contributed by atoms with Crippen molar-refractivity contribution in [2.75, 3.05) is 7.11 Å². The van der Waals surface area contributed by atoms with Gasteiger partial charge in [-0.25, -0.2) is 5.01 Å². The van der Waals surface area contributed by atoms with Crippen LogP contribution in [0.1, 0.15) is 39.5 Å². The normalized spacial score (nSPS) is 14.8. The van der Waals surface area contributed by atoms with Crippen LogP contribution in [-0.4, -0.2) is 28.7 Å². The second-order valence-electron chi connectivity index (χ2n) is 9.76. The van der Waals surface area contributed by atoms with Crippen molar-refractivity contribution < 1.29 is 9.53 Å². The zero-order valence-corrected chi connectivity index (χ0v) is 23.6. The lowest BCUT2D eigenvalue weighted by atomic mass is 9.91. The van der Waals surface area contributed by atoms with E-state index in [9.17, 15) is 9.59 Å². The van der Waals surface area contributed by atoms with Crippen LogP contribution in [0.4, 0.5) is 0 Å². The van der Waals surface area contributed by atoms with Crippen molar-refractivity contribution in [3.8, 4) is 16.9 Å². The molecule has 1 amide bonds. The van der Waals surface area contributed by atoms with Gasteiger partial charge in [0.05, 0.1) is 24.4 Å². The SMILES string of the molecule is COc1ccc([C@H]2CC(c3c(-c4ccccc4)c4cc(Br)ccc4[nH]c3=O)=NN2C(=O)c2ccccc2C)cc1. The Hall–Kier alpha value is -4.49. The number of hydrazone groups is 1. The molecule has 0 unspecified atom stereocenters. The third-order valence-corrected chi connectivity index (χ3v) is 7.82. The zero-order chi connectivity index (χ0) is 27.8. The highest BCUT2D eigenvalue weighted by Gasteiger charge is 2.36. The highest BCUT2D eigenvalue weighted by molar-refractivity contribution is 9.10. The fraction of sp³-hybridized carbons (Fsp3) is 0.121. The number of hydrogen-bond donors (Lipinski definition) is 1. The van der Waals surface area contributed by atoms with Gasteiger partial charge in [0.2, 0.25) is 0 Å². The van der Waals surface area contributed by atoms with Gasteiger partial charge in [0, 0.05) is 32.9 Å². The number of halogens is 1. The van der Waals surface area contributed by atoms with Crippen LogP contribution in [0.15, 0.2) is 111 Å². The number of aromatic amines is 1. The number of aromatic nitrogens is 1. The third kappa shape index (κ3) is 4.62. The molecule has 6 rings (SSSR count). The lowest BCUT2D eigenvalue weighted by Gasteiger charge is -2.23. The van der Waals surface area contributed by atoms with Gasteiger partial charge in [-0.3, -0.25) is 9.59 Å². The zero-order valence-electron chi connectivity index (χ0n) is 22.0. The van der Waals surface area contributed by atoms with E-state index in [0.29, 0.717) is 23.3 Å². The quantitative estimate of drug-likeness (QED) is 0.233. The number of pyridine rings is 1. The molecule has 0 aliphatic carbocycles. The Morgan fingerprint density at radius 2 is 1.68 bits per heavy atom. The minimum Gasteiger partial charge on any atom is -0.497 e. The van der Waals surface area contributed by atoms with Crippen molar-refractivity contribution in [3.63, 3.8) is 0 Å². The van der Waals surface area contributed by atoms with E-state index in [1.807, 2.05) is 104 Å². The van der Waals surface area contributed by atoms with E-state index in [0.717, 1.165) is 43.4 Å². The number of H-pyrrole nitrogens is 1. The number of nitrogens with one attached hydrogen (secondary N) is 1. The number of ether oxygens (including phenoxy) is 1. The number of aryl methyl sites for hydroxylation is 1. The fourth-order valence-corrected chi connectivity index (χ4v) is 5.68. The van der Waals surface area contributed by atoms with Crippen molar-refractivity contribution in [3.05, 3.63) is 134 Å². The summed E-state index contributed by atoms with van der Waals surface area (Å²) in [5, 5.41) is 7.31. The maximum absolute atomic E-state index is 14.0. The van der Waals surface area contributed by atoms with E-state index in [2.05, 4.69) is 20.9 Å². The fourth-order valence-electron chi connectivity index (χ4n) is 5.32. The largest absolute Gasteiger partial charge is 0.497 e. The summed E-state index contributed by atoms with van der Waals surface area (Å²) >= 11 is 3.59. The van der Waals surface area contributed by atoms with E-state index in [4.69, 9.17) is 9.84 Å². The number of carbonyl (C=O) groups excluding carboxylic acids is 1. The lowest BCUT2D eigenvalue weighted by molar-refractivity contribution is 0.0710. The molecule has 1 aliphatic heterocycles. The molecular weight excluding hydrogens is 566 g/mol. The first-order valence-corrected chi connectivity index (χ1v) is 13.8. The number of fused-ring (bicyclic) bond motifs is 1. The average molecular weight is 592 g/mol. The molecule has 6 nitrogen and oxygen atoms in total. The van der Waals surface area contributed by atoms with Gasteiger partial charge in [-0.15, -0.1) is 0 Å². The molecule has 0 saturated heterocycles. The van der Waals surface area contributed by atoms with E-state index in [-0.39, 0.29) is 11.5 Å². The van der Waals surface area contributed by atoms with Crippen LogP contribution in [0.25, 0.3) is 22.0 Å². The van der Waals surface area contributed by atoms with Crippen LogP contribution in [0.3, 0.4) is 0 Å². The molecule has 0 saturated carbocycles. The predicted molar refractivity (Wildman–Crippen MR) is 162 cm³/mol. The smallest absolute Gasteiger partial charge is 0.274 e. The number of methoxy groups -OCH3 is 1. The standard InChI is InChI=1S/C33H26BrN3O3/c1-20-8-6-7-11-25(20)33(39)37-29(21-12-15-24(40-2)16-13-21)19-28(36-37)31-30(22-9-4-3-5-10-22)26-18-23(34)14-17-27(26)35-32(31)38/h3-18,29H,19H2,1-2H3,(H,35,38)/t29-/m1/s1. The topological polar surface area (TPSA) is 74.8 Å². The van der Waals surface area contributed by atoms with Crippen LogP contribution in [-0.2, 0) is 0 Å². The molecule has 40 heavy (non-hydrogen) atoms. The van der Waals surface area contributed by atoms with Gasteiger partial charge in [0.1, 0.15) is 5.75 Å². The molecule has 1 aliphatic rings. The van der Waals surface area contributed by atoms with Crippen LogP contribution >= 0.6 is 15.9 Å². The lowest BCUT2D eigenvalue weighted by Crippen LogP contribution is -2.27. The number of benzene rings is 4. The van der Waals surface area contributed by atoms with Crippen LogP contribution in [0, 0.1) is 6.92 Å². The molecule has 1 aromatic heterocycles.